The molecular formula is C24H30N2O3S2. The topological polar surface area (TPSA) is 66.5 Å². The minimum absolute atomic E-state index is 0.196. The van der Waals surface area contributed by atoms with Crippen LogP contribution in [0.2, 0.25) is 0 Å². The number of nitrogens with zero attached hydrogens (tertiary/aromatic N) is 1. The van der Waals surface area contributed by atoms with E-state index in [-0.39, 0.29) is 22.3 Å². The summed E-state index contributed by atoms with van der Waals surface area (Å²) in [5.41, 5.74) is 2.21. The van der Waals surface area contributed by atoms with Crippen molar-refractivity contribution in [3.63, 3.8) is 0 Å². The summed E-state index contributed by atoms with van der Waals surface area (Å²) in [7, 11) is 1.87. The second-order valence-electron chi connectivity index (χ2n) is 7.97. The Hall–Kier alpha value is -2.12. The van der Waals surface area contributed by atoms with Crippen LogP contribution in [0.25, 0.3) is 10.4 Å². The summed E-state index contributed by atoms with van der Waals surface area (Å²) in [4.78, 5) is 39.6. The number of hydrogen-bond acceptors (Lipinski definition) is 5. The summed E-state index contributed by atoms with van der Waals surface area (Å²) in [6, 6.07) is 12.3. The van der Waals surface area contributed by atoms with Crippen LogP contribution in [0.1, 0.15) is 55.9 Å². The van der Waals surface area contributed by atoms with Gasteiger partial charge in [-0.05, 0) is 35.7 Å². The molecule has 2 aromatic rings. The predicted molar refractivity (Wildman–Crippen MR) is 128 cm³/mol. The van der Waals surface area contributed by atoms with Crippen molar-refractivity contribution in [2.24, 2.45) is 0 Å². The molecule has 1 saturated heterocycles. The maximum absolute atomic E-state index is 12.4. The second-order valence-corrected chi connectivity index (χ2v) is 10.3. The van der Waals surface area contributed by atoms with Gasteiger partial charge >= 0.3 is 0 Å². The molecule has 166 valence electrons. The summed E-state index contributed by atoms with van der Waals surface area (Å²) >= 11 is 2.71. The fourth-order valence-corrected chi connectivity index (χ4v) is 5.61. The van der Waals surface area contributed by atoms with E-state index in [0.717, 1.165) is 45.5 Å². The highest BCUT2D eigenvalue weighted by Crippen LogP contribution is 2.32. The Labute approximate surface area is 192 Å². The molecule has 1 fully saturated rings. The molecule has 1 unspecified atom stereocenters. The minimum atomic E-state index is -0.341. The quantitative estimate of drug-likeness (QED) is 0.443. The average molecular weight is 459 g/mol. The number of carbonyl (C=O) groups excluding carboxylic acids is 3. The highest BCUT2D eigenvalue weighted by molar-refractivity contribution is 8.15. The number of unbranched alkanes of at least 4 members (excludes halogenated alkanes) is 4. The first-order valence-electron chi connectivity index (χ1n) is 10.9. The van der Waals surface area contributed by atoms with Crippen LogP contribution in [-0.2, 0) is 22.6 Å². The molecule has 1 aromatic heterocycles. The molecule has 31 heavy (non-hydrogen) atoms. The standard InChI is InChI=1S/C24H30N2O3S2/c1-3-4-5-6-7-11-22(27)26(2)16-17-9-8-10-18(14-17)20-13-12-19(30-20)15-21-23(28)25-24(29)31-21/h8-10,12-14,21H,3-7,11,15-16H2,1-2H3,(H,25,28,29). The van der Waals surface area contributed by atoms with Gasteiger partial charge < -0.3 is 4.90 Å². The fraction of sp³-hybridized carbons (Fsp3) is 0.458. The number of amides is 3. The van der Waals surface area contributed by atoms with Gasteiger partial charge in [0.05, 0.1) is 5.25 Å². The van der Waals surface area contributed by atoms with E-state index in [4.69, 9.17) is 0 Å². The fourth-order valence-electron chi connectivity index (χ4n) is 3.61. The van der Waals surface area contributed by atoms with E-state index >= 15 is 0 Å². The first-order valence-corrected chi connectivity index (χ1v) is 12.6. The van der Waals surface area contributed by atoms with E-state index in [1.165, 1.54) is 19.3 Å². The normalized spacial score (nSPS) is 15.9. The highest BCUT2D eigenvalue weighted by atomic mass is 32.2. The Kier molecular flexibility index (Phi) is 8.72. The smallest absolute Gasteiger partial charge is 0.286 e. The van der Waals surface area contributed by atoms with Crippen LogP contribution < -0.4 is 5.32 Å². The maximum Gasteiger partial charge on any atom is 0.286 e. The van der Waals surface area contributed by atoms with Crippen molar-refractivity contribution in [2.45, 2.75) is 63.7 Å². The van der Waals surface area contributed by atoms with E-state index in [0.29, 0.717) is 19.4 Å². The van der Waals surface area contributed by atoms with Crippen LogP contribution in [0, 0.1) is 0 Å². The van der Waals surface area contributed by atoms with Crippen LogP contribution >= 0.6 is 23.1 Å². The van der Waals surface area contributed by atoms with Gasteiger partial charge in [0.25, 0.3) is 5.24 Å². The van der Waals surface area contributed by atoms with Gasteiger partial charge in [0, 0.05) is 36.2 Å². The van der Waals surface area contributed by atoms with E-state index in [1.807, 2.05) is 30.1 Å². The molecule has 0 spiro atoms. The van der Waals surface area contributed by atoms with E-state index in [2.05, 4.69) is 30.4 Å². The monoisotopic (exact) mass is 458 g/mol. The lowest BCUT2D eigenvalue weighted by molar-refractivity contribution is -0.130. The Balaban J connectivity index is 1.55. The number of thioether (sulfide) groups is 1. The van der Waals surface area contributed by atoms with Crippen molar-refractivity contribution >= 4 is 40.2 Å². The third-order valence-corrected chi connectivity index (χ3v) is 7.50. The van der Waals surface area contributed by atoms with Gasteiger partial charge in [-0.3, -0.25) is 19.7 Å². The molecular weight excluding hydrogens is 428 g/mol. The molecule has 0 saturated carbocycles. The average Bonchev–Trinajstić information content (AvgIpc) is 3.34. The first-order chi connectivity index (χ1) is 15.0. The summed E-state index contributed by atoms with van der Waals surface area (Å²) in [5.74, 6) is -0.00721. The SMILES string of the molecule is CCCCCCCC(=O)N(C)Cc1cccc(-c2ccc(CC3SC(=O)NC3=O)s2)c1. The second kappa shape index (κ2) is 11.5. The molecule has 1 aliphatic rings. The van der Waals surface area contributed by atoms with E-state index in [9.17, 15) is 14.4 Å². The lowest BCUT2D eigenvalue weighted by Crippen LogP contribution is -2.25. The number of benzene rings is 1. The third-order valence-electron chi connectivity index (χ3n) is 5.37. The molecule has 1 atom stereocenters. The molecule has 7 heteroatoms. The number of imide groups is 1. The summed E-state index contributed by atoms with van der Waals surface area (Å²) in [5, 5.41) is 1.73. The zero-order valence-electron chi connectivity index (χ0n) is 18.2. The van der Waals surface area contributed by atoms with E-state index < -0.39 is 0 Å². The van der Waals surface area contributed by atoms with Gasteiger partial charge in [0.15, 0.2) is 0 Å². The highest BCUT2D eigenvalue weighted by Gasteiger charge is 2.31. The Morgan fingerprint density at radius 1 is 1.10 bits per heavy atom. The number of thiophene rings is 1. The van der Waals surface area contributed by atoms with Gasteiger partial charge in [-0.25, -0.2) is 0 Å². The Morgan fingerprint density at radius 3 is 2.65 bits per heavy atom. The van der Waals surface area contributed by atoms with Crippen LogP contribution in [0.4, 0.5) is 4.79 Å². The number of rotatable bonds is 11. The van der Waals surface area contributed by atoms with Crippen molar-refractivity contribution in [3.05, 3.63) is 46.8 Å². The summed E-state index contributed by atoms with van der Waals surface area (Å²) in [6.07, 6.45) is 6.92. The number of carbonyl (C=O) groups is 3. The molecule has 0 aliphatic carbocycles. The summed E-state index contributed by atoms with van der Waals surface area (Å²) in [6.45, 7) is 2.79. The zero-order valence-corrected chi connectivity index (χ0v) is 19.8. The van der Waals surface area contributed by atoms with E-state index in [1.54, 1.807) is 11.3 Å². The first kappa shape index (κ1) is 23.5. The van der Waals surface area contributed by atoms with Crippen molar-refractivity contribution in [1.82, 2.24) is 10.2 Å². The molecule has 5 nitrogen and oxygen atoms in total. The predicted octanol–water partition coefficient (Wildman–Crippen LogP) is 5.63. The Morgan fingerprint density at radius 2 is 1.90 bits per heavy atom. The molecule has 1 N–H and O–H groups in total. The molecule has 3 amide bonds. The zero-order chi connectivity index (χ0) is 22.2. The lowest BCUT2D eigenvalue weighted by Gasteiger charge is -2.17. The maximum atomic E-state index is 12.4. The van der Waals surface area contributed by atoms with Crippen LogP contribution in [0.3, 0.4) is 0 Å². The van der Waals surface area contributed by atoms with Crippen LogP contribution in [0.5, 0.6) is 0 Å². The molecule has 1 aromatic carbocycles. The third kappa shape index (κ3) is 6.94. The van der Waals surface area contributed by atoms with Crippen molar-refractivity contribution in [3.8, 4) is 10.4 Å². The van der Waals surface area contributed by atoms with Crippen molar-refractivity contribution in [1.29, 1.82) is 0 Å². The molecule has 0 bridgehead atoms. The molecule has 0 radical (unpaired) electrons. The van der Waals surface area contributed by atoms with Gasteiger partial charge in [0.2, 0.25) is 11.8 Å². The largest absolute Gasteiger partial charge is 0.341 e. The van der Waals surface area contributed by atoms with Crippen molar-refractivity contribution < 1.29 is 14.4 Å². The van der Waals surface area contributed by atoms with Gasteiger partial charge in [-0.1, -0.05) is 62.6 Å². The number of hydrogen-bond donors (Lipinski definition) is 1. The van der Waals surface area contributed by atoms with Gasteiger partial charge in [0.1, 0.15) is 0 Å². The summed E-state index contributed by atoms with van der Waals surface area (Å²) < 4.78 is 0. The van der Waals surface area contributed by atoms with Crippen LogP contribution in [-0.4, -0.2) is 34.3 Å². The van der Waals surface area contributed by atoms with Crippen LogP contribution in [0.15, 0.2) is 36.4 Å². The van der Waals surface area contributed by atoms with Gasteiger partial charge in [-0.15, -0.1) is 11.3 Å². The minimum Gasteiger partial charge on any atom is -0.341 e. The number of nitrogens with one attached hydrogen (secondary N) is 1. The van der Waals surface area contributed by atoms with Gasteiger partial charge in [-0.2, -0.15) is 0 Å². The Bertz CT molecular complexity index is 925. The lowest BCUT2D eigenvalue weighted by atomic mass is 10.1. The van der Waals surface area contributed by atoms with Crippen molar-refractivity contribution in [2.75, 3.05) is 7.05 Å². The molecule has 3 rings (SSSR count). The molecule has 2 heterocycles. The molecule has 1 aliphatic heterocycles.